The number of hydrogen-bond acceptors (Lipinski definition) is 4. The third-order valence-corrected chi connectivity index (χ3v) is 4.97. The number of hydrogen-bond donors (Lipinski definition) is 2. The smallest absolute Gasteiger partial charge is 0.306 e. The molecule has 0 aromatic heterocycles. The molecule has 3 rings (SSSR count). The molecule has 0 fully saturated rings. The number of carbonyl (C=O) groups excluding carboxylic acids is 1. The van der Waals surface area contributed by atoms with Gasteiger partial charge < -0.3 is 10.4 Å². The van der Waals surface area contributed by atoms with Gasteiger partial charge >= 0.3 is 5.97 Å². The van der Waals surface area contributed by atoms with E-state index in [9.17, 15) is 14.7 Å². The zero-order valence-corrected chi connectivity index (χ0v) is 16.4. The average Bonchev–Trinajstić information content (AvgIpc) is 2.75. The van der Waals surface area contributed by atoms with Gasteiger partial charge in [-0.25, -0.2) is 0 Å². The van der Waals surface area contributed by atoms with Crippen molar-refractivity contribution >= 4 is 23.8 Å². The first-order valence-corrected chi connectivity index (χ1v) is 9.79. The minimum absolute atomic E-state index is 0.273. The molecule has 29 heavy (non-hydrogen) atoms. The Kier molecular flexibility index (Phi) is 6.89. The minimum Gasteiger partial charge on any atom is -0.481 e. The maximum absolute atomic E-state index is 12.5. The van der Waals surface area contributed by atoms with Gasteiger partial charge in [0.15, 0.2) is 0 Å². The molecule has 1 aliphatic rings. The predicted octanol–water partition coefficient (Wildman–Crippen LogP) is 3.71. The third-order valence-electron chi connectivity index (χ3n) is 4.97. The van der Waals surface area contributed by atoms with Gasteiger partial charge in [-0.05, 0) is 36.0 Å². The van der Waals surface area contributed by atoms with Gasteiger partial charge in [-0.2, -0.15) is 10.2 Å². The Labute approximate surface area is 170 Å². The predicted molar refractivity (Wildman–Crippen MR) is 114 cm³/mol. The molecule has 0 saturated carbocycles. The van der Waals surface area contributed by atoms with Crippen molar-refractivity contribution in [2.75, 3.05) is 0 Å². The molecule has 1 heterocycles. The van der Waals surface area contributed by atoms with Crippen LogP contribution in [0.15, 0.2) is 64.8 Å². The molecular weight excluding hydrogens is 366 g/mol. The molecular formula is C23H25N3O3. The third kappa shape index (κ3) is 5.85. The van der Waals surface area contributed by atoms with Crippen molar-refractivity contribution in [3.63, 3.8) is 0 Å². The summed E-state index contributed by atoms with van der Waals surface area (Å²) in [6.45, 7) is 1.66. The number of carboxylic acid groups (broad SMARTS) is 1. The number of rotatable bonds is 8. The molecule has 2 aromatic carbocycles. The SMILES string of the molecule is CC(CC(Cc1ccc(-c2ccccc2)cc1)NC(=O)C1=NN=CCC1)C(=O)O. The lowest BCUT2D eigenvalue weighted by Gasteiger charge is -2.21. The van der Waals surface area contributed by atoms with E-state index in [0.29, 0.717) is 31.4 Å². The van der Waals surface area contributed by atoms with Crippen molar-refractivity contribution in [1.82, 2.24) is 5.32 Å². The zero-order chi connectivity index (χ0) is 20.6. The molecule has 2 unspecified atom stereocenters. The molecule has 6 nitrogen and oxygen atoms in total. The molecule has 2 N–H and O–H groups in total. The van der Waals surface area contributed by atoms with Crippen molar-refractivity contribution in [3.05, 3.63) is 60.2 Å². The van der Waals surface area contributed by atoms with Gasteiger partial charge in [0.25, 0.3) is 5.91 Å². The second-order valence-corrected chi connectivity index (χ2v) is 7.30. The number of nitrogens with one attached hydrogen (secondary N) is 1. The van der Waals surface area contributed by atoms with E-state index in [4.69, 9.17) is 0 Å². The molecule has 150 valence electrons. The van der Waals surface area contributed by atoms with Gasteiger partial charge in [0.2, 0.25) is 0 Å². The van der Waals surface area contributed by atoms with E-state index < -0.39 is 11.9 Å². The van der Waals surface area contributed by atoms with Crippen LogP contribution in [0, 0.1) is 5.92 Å². The Morgan fingerprint density at radius 2 is 1.76 bits per heavy atom. The van der Waals surface area contributed by atoms with Gasteiger partial charge in [0, 0.05) is 18.7 Å². The van der Waals surface area contributed by atoms with Crippen molar-refractivity contribution in [2.45, 2.75) is 38.6 Å². The second kappa shape index (κ2) is 9.78. The minimum atomic E-state index is -0.872. The Morgan fingerprint density at radius 1 is 1.07 bits per heavy atom. The summed E-state index contributed by atoms with van der Waals surface area (Å²) < 4.78 is 0. The molecule has 2 aromatic rings. The lowest BCUT2D eigenvalue weighted by Crippen LogP contribution is -2.42. The summed E-state index contributed by atoms with van der Waals surface area (Å²) in [5.74, 6) is -1.70. The Balaban J connectivity index is 1.71. The van der Waals surface area contributed by atoms with Gasteiger partial charge in [0.1, 0.15) is 5.71 Å². The number of carbonyl (C=O) groups is 2. The van der Waals surface area contributed by atoms with Crippen LogP contribution in [0.4, 0.5) is 0 Å². The van der Waals surface area contributed by atoms with Crippen molar-refractivity contribution < 1.29 is 14.7 Å². The fraction of sp³-hybridized carbons (Fsp3) is 0.304. The Hall–Kier alpha value is -3.28. The second-order valence-electron chi connectivity index (χ2n) is 7.30. The Morgan fingerprint density at radius 3 is 2.38 bits per heavy atom. The van der Waals surface area contributed by atoms with Gasteiger partial charge in [-0.3, -0.25) is 9.59 Å². The van der Waals surface area contributed by atoms with E-state index in [1.807, 2.05) is 42.5 Å². The van der Waals surface area contributed by atoms with Gasteiger partial charge in [0.05, 0.1) is 5.92 Å². The van der Waals surface area contributed by atoms with Crippen molar-refractivity contribution in [3.8, 4) is 11.1 Å². The highest BCUT2D eigenvalue weighted by atomic mass is 16.4. The first-order valence-electron chi connectivity index (χ1n) is 9.79. The number of aliphatic carboxylic acids is 1. The highest BCUT2D eigenvalue weighted by Gasteiger charge is 2.23. The fourth-order valence-corrected chi connectivity index (χ4v) is 3.32. The van der Waals surface area contributed by atoms with Crippen LogP contribution in [0.1, 0.15) is 31.7 Å². The molecule has 0 saturated heterocycles. The highest BCUT2D eigenvalue weighted by Crippen LogP contribution is 2.20. The van der Waals surface area contributed by atoms with Crippen LogP contribution >= 0.6 is 0 Å². The molecule has 0 aliphatic carbocycles. The number of amides is 1. The molecule has 0 spiro atoms. The summed E-state index contributed by atoms with van der Waals surface area (Å²) in [6.07, 6.45) is 3.80. The van der Waals surface area contributed by atoms with E-state index in [1.54, 1.807) is 13.1 Å². The summed E-state index contributed by atoms with van der Waals surface area (Å²) in [4.78, 5) is 23.8. The summed E-state index contributed by atoms with van der Waals surface area (Å²) in [5, 5.41) is 20.0. The number of benzene rings is 2. The lowest BCUT2D eigenvalue weighted by atomic mass is 9.94. The van der Waals surface area contributed by atoms with E-state index >= 15 is 0 Å². The van der Waals surface area contributed by atoms with Crippen LogP contribution < -0.4 is 5.32 Å². The first-order chi connectivity index (χ1) is 14.0. The van der Waals surface area contributed by atoms with Crippen LogP contribution in [0.2, 0.25) is 0 Å². The summed E-state index contributed by atoms with van der Waals surface area (Å²) in [6, 6.07) is 17.9. The first kappa shape index (κ1) is 20.5. The monoisotopic (exact) mass is 391 g/mol. The van der Waals surface area contributed by atoms with E-state index in [0.717, 1.165) is 16.7 Å². The van der Waals surface area contributed by atoms with Gasteiger partial charge in [-0.15, -0.1) is 0 Å². The summed E-state index contributed by atoms with van der Waals surface area (Å²) >= 11 is 0. The molecule has 0 radical (unpaired) electrons. The van der Waals surface area contributed by atoms with Crippen molar-refractivity contribution in [1.29, 1.82) is 0 Å². The van der Waals surface area contributed by atoms with Crippen LogP contribution in [-0.2, 0) is 16.0 Å². The normalized spacial score (nSPS) is 15.3. The van der Waals surface area contributed by atoms with E-state index in [2.05, 4.69) is 27.7 Å². The molecule has 2 atom stereocenters. The average molecular weight is 391 g/mol. The maximum atomic E-state index is 12.5. The Bertz CT molecular complexity index is 905. The van der Waals surface area contributed by atoms with Crippen LogP contribution in [0.5, 0.6) is 0 Å². The van der Waals surface area contributed by atoms with Crippen LogP contribution in [0.25, 0.3) is 11.1 Å². The van der Waals surface area contributed by atoms with E-state index in [1.165, 1.54) is 0 Å². The number of nitrogens with zero attached hydrogens (tertiary/aromatic N) is 2. The summed E-state index contributed by atoms with van der Waals surface area (Å²) in [7, 11) is 0. The quantitative estimate of drug-likeness (QED) is 0.719. The molecule has 0 bridgehead atoms. The maximum Gasteiger partial charge on any atom is 0.306 e. The van der Waals surface area contributed by atoms with Crippen LogP contribution in [0.3, 0.4) is 0 Å². The van der Waals surface area contributed by atoms with E-state index in [-0.39, 0.29) is 11.9 Å². The molecule has 1 aliphatic heterocycles. The van der Waals surface area contributed by atoms with Crippen molar-refractivity contribution in [2.24, 2.45) is 16.1 Å². The zero-order valence-electron chi connectivity index (χ0n) is 16.4. The van der Waals surface area contributed by atoms with Gasteiger partial charge in [-0.1, -0.05) is 61.5 Å². The highest BCUT2D eigenvalue weighted by molar-refractivity contribution is 6.39. The topological polar surface area (TPSA) is 91.1 Å². The lowest BCUT2D eigenvalue weighted by molar-refractivity contribution is -0.141. The summed E-state index contributed by atoms with van der Waals surface area (Å²) in [5.41, 5.74) is 3.68. The standard InChI is InChI=1S/C23H25N3O3/c1-16(23(28)29)14-20(25-22(27)21-8-5-13-24-26-21)15-17-9-11-19(12-10-17)18-6-3-2-4-7-18/h2-4,6-7,9-13,16,20H,5,8,14-15H2,1H3,(H,25,27)(H,28,29). The number of carboxylic acids is 1. The fourth-order valence-electron chi connectivity index (χ4n) is 3.32. The largest absolute Gasteiger partial charge is 0.481 e. The molecule has 6 heteroatoms. The molecule has 1 amide bonds. The van der Waals surface area contributed by atoms with Crippen LogP contribution in [-0.4, -0.2) is 35.0 Å².